The Hall–Kier alpha value is -0.860. The molecule has 1 aromatic carbocycles. The zero-order valence-corrected chi connectivity index (χ0v) is 11.9. The number of likely N-dealkylation sites (tertiary alicyclic amines) is 1. The van der Waals surface area contributed by atoms with Crippen LogP contribution in [-0.2, 0) is 0 Å². The Morgan fingerprint density at radius 1 is 1.28 bits per heavy atom. The molecule has 0 radical (unpaired) electrons. The molecule has 1 aliphatic rings. The van der Waals surface area contributed by atoms with E-state index in [4.69, 9.17) is 5.73 Å². The normalized spacial score (nSPS) is 27.1. The standard InChI is InChI=1S/C16H26N2/c1-12-4-8-16(9-5-12)14(3)18-11-15(10-17)7-6-13(18)2/h4-5,8-9,13-15H,6-7,10-11,17H2,1-3H3. The minimum Gasteiger partial charge on any atom is -0.330 e. The third-order valence-electron chi connectivity index (χ3n) is 4.42. The summed E-state index contributed by atoms with van der Waals surface area (Å²) in [6.07, 6.45) is 2.56. The van der Waals surface area contributed by atoms with E-state index in [0.29, 0.717) is 18.0 Å². The molecule has 2 rings (SSSR count). The van der Waals surface area contributed by atoms with Crippen molar-refractivity contribution in [3.05, 3.63) is 35.4 Å². The molecule has 100 valence electrons. The number of hydrogen-bond acceptors (Lipinski definition) is 2. The molecule has 0 spiro atoms. The van der Waals surface area contributed by atoms with Crippen LogP contribution in [0.2, 0.25) is 0 Å². The van der Waals surface area contributed by atoms with Crippen LogP contribution in [0.4, 0.5) is 0 Å². The van der Waals surface area contributed by atoms with E-state index in [1.54, 1.807) is 0 Å². The Morgan fingerprint density at radius 2 is 1.94 bits per heavy atom. The first-order chi connectivity index (χ1) is 8.61. The van der Waals surface area contributed by atoms with Crippen LogP contribution in [0.25, 0.3) is 0 Å². The van der Waals surface area contributed by atoms with Gasteiger partial charge in [-0.1, -0.05) is 29.8 Å². The monoisotopic (exact) mass is 246 g/mol. The van der Waals surface area contributed by atoms with Crippen LogP contribution >= 0.6 is 0 Å². The Morgan fingerprint density at radius 3 is 2.56 bits per heavy atom. The lowest BCUT2D eigenvalue weighted by Gasteiger charge is -2.41. The molecule has 0 amide bonds. The van der Waals surface area contributed by atoms with Gasteiger partial charge < -0.3 is 5.73 Å². The van der Waals surface area contributed by atoms with Crippen molar-refractivity contribution in [2.45, 2.75) is 45.7 Å². The minimum absolute atomic E-state index is 0.495. The predicted octanol–water partition coefficient (Wildman–Crippen LogP) is 3.12. The lowest BCUT2D eigenvalue weighted by Crippen LogP contribution is -2.44. The quantitative estimate of drug-likeness (QED) is 0.888. The van der Waals surface area contributed by atoms with Gasteiger partial charge in [-0.25, -0.2) is 0 Å². The molecule has 2 N–H and O–H groups in total. The third-order valence-corrected chi connectivity index (χ3v) is 4.42. The molecule has 0 saturated carbocycles. The molecule has 1 heterocycles. The second kappa shape index (κ2) is 5.85. The van der Waals surface area contributed by atoms with E-state index in [1.165, 1.54) is 24.0 Å². The first-order valence-corrected chi connectivity index (χ1v) is 7.14. The summed E-state index contributed by atoms with van der Waals surface area (Å²) in [6, 6.07) is 10.1. The summed E-state index contributed by atoms with van der Waals surface area (Å²) >= 11 is 0. The lowest BCUT2D eigenvalue weighted by molar-refractivity contribution is 0.0812. The largest absolute Gasteiger partial charge is 0.330 e. The van der Waals surface area contributed by atoms with Crippen LogP contribution in [-0.4, -0.2) is 24.0 Å². The van der Waals surface area contributed by atoms with Crippen LogP contribution in [0.15, 0.2) is 24.3 Å². The molecular formula is C16H26N2. The van der Waals surface area contributed by atoms with Gasteiger partial charge in [-0.15, -0.1) is 0 Å². The fourth-order valence-electron chi connectivity index (χ4n) is 2.98. The van der Waals surface area contributed by atoms with Crippen molar-refractivity contribution in [3.8, 4) is 0 Å². The number of nitrogens with zero attached hydrogens (tertiary/aromatic N) is 1. The number of nitrogens with two attached hydrogens (primary N) is 1. The summed E-state index contributed by atoms with van der Waals surface area (Å²) in [5.74, 6) is 0.675. The van der Waals surface area contributed by atoms with E-state index in [1.807, 2.05) is 0 Å². The van der Waals surface area contributed by atoms with E-state index in [0.717, 1.165) is 13.1 Å². The Bertz CT molecular complexity index is 371. The van der Waals surface area contributed by atoms with Crippen LogP contribution in [0, 0.1) is 12.8 Å². The molecule has 1 fully saturated rings. The second-order valence-electron chi connectivity index (χ2n) is 5.81. The molecule has 0 bridgehead atoms. The fourth-order valence-corrected chi connectivity index (χ4v) is 2.98. The minimum atomic E-state index is 0.495. The van der Waals surface area contributed by atoms with E-state index >= 15 is 0 Å². The van der Waals surface area contributed by atoms with Crippen molar-refractivity contribution in [2.75, 3.05) is 13.1 Å². The first-order valence-electron chi connectivity index (χ1n) is 7.14. The van der Waals surface area contributed by atoms with Gasteiger partial charge in [0, 0.05) is 18.6 Å². The van der Waals surface area contributed by atoms with Gasteiger partial charge in [0.25, 0.3) is 0 Å². The van der Waals surface area contributed by atoms with Crippen LogP contribution in [0.1, 0.15) is 43.9 Å². The smallest absolute Gasteiger partial charge is 0.0322 e. The van der Waals surface area contributed by atoms with Gasteiger partial charge in [-0.05, 0) is 51.6 Å². The van der Waals surface area contributed by atoms with Gasteiger partial charge in [-0.3, -0.25) is 4.90 Å². The van der Waals surface area contributed by atoms with Crippen LogP contribution < -0.4 is 5.73 Å². The van der Waals surface area contributed by atoms with Gasteiger partial charge in [0.1, 0.15) is 0 Å². The molecule has 3 atom stereocenters. The second-order valence-corrected chi connectivity index (χ2v) is 5.81. The highest BCUT2D eigenvalue weighted by Crippen LogP contribution is 2.30. The summed E-state index contributed by atoms with van der Waals surface area (Å²) in [6.45, 7) is 8.77. The molecule has 0 aromatic heterocycles. The maximum absolute atomic E-state index is 5.84. The van der Waals surface area contributed by atoms with Crippen molar-refractivity contribution in [1.29, 1.82) is 0 Å². The van der Waals surface area contributed by atoms with Gasteiger partial charge in [0.15, 0.2) is 0 Å². The molecule has 0 aliphatic carbocycles. The summed E-state index contributed by atoms with van der Waals surface area (Å²) in [5, 5.41) is 0. The summed E-state index contributed by atoms with van der Waals surface area (Å²) in [5.41, 5.74) is 8.60. The SMILES string of the molecule is Cc1ccc(C(C)N2CC(CN)CCC2C)cc1. The average Bonchev–Trinajstić information content (AvgIpc) is 2.39. The third kappa shape index (κ3) is 2.93. The van der Waals surface area contributed by atoms with E-state index < -0.39 is 0 Å². The number of benzene rings is 1. The van der Waals surface area contributed by atoms with Crippen molar-refractivity contribution in [2.24, 2.45) is 11.7 Å². The Kier molecular flexibility index (Phi) is 4.41. The summed E-state index contributed by atoms with van der Waals surface area (Å²) in [4.78, 5) is 2.62. The predicted molar refractivity (Wildman–Crippen MR) is 77.5 cm³/mol. The average molecular weight is 246 g/mol. The number of aryl methyl sites for hydroxylation is 1. The van der Waals surface area contributed by atoms with E-state index in [2.05, 4.69) is 49.9 Å². The lowest BCUT2D eigenvalue weighted by atomic mass is 9.91. The van der Waals surface area contributed by atoms with Crippen LogP contribution in [0.5, 0.6) is 0 Å². The molecule has 1 aliphatic heterocycles. The topological polar surface area (TPSA) is 29.3 Å². The molecule has 2 heteroatoms. The molecule has 1 aromatic rings. The van der Waals surface area contributed by atoms with Crippen molar-refractivity contribution in [3.63, 3.8) is 0 Å². The molecule has 2 nitrogen and oxygen atoms in total. The molecule has 1 saturated heterocycles. The highest BCUT2D eigenvalue weighted by Gasteiger charge is 2.28. The molecule has 3 unspecified atom stereocenters. The summed E-state index contributed by atoms with van der Waals surface area (Å²) in [7, 11) is 0. The van der Waals surface area contributed by atoms with E-state index in [9.17, 15) is 0 Å². The maximum Gasteiger partial charge on any atom is 0.0322 e. The highest BCUT2D eigenvalue weighted by molar-refractivity contribution is 5.24. The fraction of sp³-hybridized carbons (Fsp3) is 0.625. The van der Waals surface area contributed by atoms with E-state index in [-0.39, 0.29) is 0 Å². The van der Waals surface area contributed by atoms with Gasteiger partial charge in [-0.2, -0.15) is 0 Å². The van der Waals surface area contributed by atoms with Gasteiger partial charge in [0.05, 0.1) is 0 Å². The highest BCUT2D eigenvalue weighted by atomic mass is 15.2. The van der Waals surface area contributed by atoms with Crippen LogP contribution in [0.3, 0.4) is 0 Å². The number of piperidine rings is 1. The van der Waals surface area contributed by atoms with Gasteiger partial charge in [0.2, 0.25) is 0 Å². The zero-order chi connectivity index (χ0) is 13.1. The Balaban J connectivity index is 2.11. The van der Waals surface area contributed by atoms with Crippen molar-refractivity contribution >= 4 is 0 Å². The Labute approximate surface area is 111 Å². The van der Waals surface area contributed by atoms with Gasteiger partial charge >= 0.3 is 0 Å². The maximum atomic E-state index is 5.84. The number of rotatable bonds is 3. The number of hydrogen-bond donors (Lipinski definition) is 1. The first kappa shape index (κ1) is 13.6. The molecular weight excluding hydrogens is 220 g/mol. The van der Waals surface area contributed by atoms with Crippen molar-refractivity contribution in [1.82, 2.24) is 4.90 Å². The summed E-state index contributed by atoms with van der Waals surface area (Å²) < 4.78 is 0. The zero-order valence-electron chi connectivity index (χ0n) is 11.9. The van der Waals surface area contributed by atoms with Crippen molar-refractivity contribution < 1.29 is 0 Å². The molecule has 18 heavy (non-hydrogen) atoms.